The van der Waals surface area contributed by atoms with Gasteiger partial charge >= 0.3 is 0 Å². The summed E-state index contributed by atoms with van der Waals surface area (Å²) in [5.41, 5.74) is 2.24. The molecule has 1 heterocycles. The SMILES string of the molecule is Cc1ncccc1C(O)Cc1ccc(Cl)c(F)c1. The van der Waals surface area contributed by atoms with Gasteiger partial charge in [0.05, 0.1) is 11.1 Å². The quantitative estimate of drug-likeness (QED) is 0.922. The molecule has 1 atom stereocenters. The number of halogens is 2. The first-order chi connectivity index (χ1) is 8.58. The summed E-state index contributed by atoms with van der Waals surface area (Å²) in [5, 5.41) is 10.2. The Bertz CT molecular complexity index is 559. The fourth-order valence-electron chi connectivity index (χ4n) is 1.85. The van der Waals surface area contributed by atoms with Gasteiger partial charge in [-0.15, -0.1) is 0 Å². The summed E-state index contributed by atoms with van der Waals surface area (Å²) in [4.78, 5) is 4.12. The number of nitrogens with zero attached hydrogens (tertiary/aromatic N) is 1. The standard InChI is InChI=1S/C14H13ClFNO/c1-9-11(3-2-6-17-9)14(18)8-10-4-5-12(15)13(16)7-10/h2-7,14,18H,8H2,1H3. The zero-order chi connectivity index (χ0) is 13.1. The lowest BCUT2D eigenvalue weighted by Gasteiger charge is -2.13. The van der Waals surface area contributed by atoms with Gasteiger partial charge in [-0.2, -0.15) is 0 Å². The Kier molecular flexibility index (Phi) is 3.94. The predicted molar refractivity (Wildman–Crippen MR) is 69.0 cm³/mol. The maximum atomic E-state index is 13.3. The maximum Gasteiger partial charge on any atom is 0.142 e. The van der Waals surface area contributed by atoms with Gasteiger partial charge in [0.25, 0.3) is 0 Å². The lowest BCUT2D eigenvalue weighted by molar-refractivity contribution is 0.177. The van der Waals surface area contributed by atoms with E-state index in [9.17, 15) is 9.50 Å². The second-order valence-electron chi connectivity index (χ2n) is 4.15. The third-order valence-corrected chi connectivity index (χ3v) is 3.13. The number of benzene rings is 1. The van der Waals surface area contributed by atoms with Gasteiger partial charge < -0.3 is 5.11 Å². The summed E-state index contributed by atoms with van der Waals surface area (Å²) < 4.78 is 13.3. The number of hydrogen-bond acceptors (Lipinski definition) is 2. The highest BCUT2D eigenvalue weighted by atomic mass is 35.5. The number of pyridine rings is 1. The van der Waals surface area contributed by atoms with E-state index in [0.29, 0.717) is 12.0 Å². The topological polar surface area (TPSA) is 33.1 Å². The molecule has 2 nitrogen and oxygen atoms in total. The molecule has 0 amide bonds. The van der Waals surface area contributed by atoms with Gasteiger partial charge in [0.15, 0.2) is 0 Å². The van der Waals surface area contributed by atoms with Crippen LogP contribution >= 0.6 is 11.6 Å². The minimum atomic E-state index is -0.695. The zero-order valence-corrected chi connectivity index (χ0v) is 10.7. The van der Waals surface area contributed by atoms with E-state index in [-0.39, 0.29) is 5.02 Å². The third-order valence-electron chi connectivity index (χ3n) is 2.82. The van der Waals surface area contributed by atoms with Crippen molar-refractivity contribution in [2.24, 2.45) is 0 Å². The predicted octanol–water partition coefficient (Wildman–Crippen LogP) is 3.46. The van der Waals surface area contributed by atoms with Crippen molar-refractivity contribution in [2.75, 3.05) is 0 Å². The van der Waals surface area contributed by atoms with Gasteiger partial charge in [-0.3, -0.25) is 4.98 Å². The Balaban J connectivity index is 2.19. The highest BCUT2D eigenvalue weighted by Gasteiger charge is 2.12. The van der Waals surface area contributed by atoms with Gasteiger partial charge in [-0.1, -0.05) is 23.7 Å². The maximum absolute atomic E-state index is 13.3. The highest BCUT2D eigenvalue weighted by Crippen LogP contribution is 2.22. The molecule has 2 rings (SSSR count). The van der Waals surface area contributed by atoms with Gasteiger partial charge in [0, 0.05) is 23.9 Å². The molecular weight excluding hydrogens is 253 g/mol. The monoisotopic (exact) mass is 265 g/mol. The first-order valence-corrected chi connectivity index (χ1v) is 5.99. The molecule has 18 heavy (non-hydrogen) atoms. The Morgan fingerprint density at radius 1 is 1.39 bits per heavy atom. The van der Waals surface area contributed by atoms with E-state index in [2.05, 4.69) is 4.98 Å². The molecule has 1 aromatic heterocycles. The average molecular weight is 266 g/mol. The van der Waals surface area contributed by atoms with Gasteiger partial charge in [-0.05, 0) is 30.7 Å². The summed E-state index contributed by atoms with van der Waals surface area (Å²) in [6, 6.07) is 8.14. The van der Waals surface area contributed by atoms with E-state index < -0.39 is 11.9 Å². The summed E-state index contributed by atoms with van der Waals surface area (Å²) >= 11 is 5.61. The van der Waals surface area contributed by atoms with Crippen LogP contribution < -0.4 is 0 Å². The van der Waals surface area contributed by atoms with E-state index in [1.165, 1.54) is 12.1 Å². The van der Waals surface area contributed by atoms with Crippen LogP contribution in [0.5, 0.6) is 0 Å². The molecule has 0 spiro atoms. The molecular formula is C14H13ClFNO. The molecule has 1 aromatic carbocycles. The Labute approximate surface area is 110 Å². The first-order valence-electron chi connectivity index (χ1n) is 5.61. The van der Waals surface area contributed by atoms with E-state index in [1.54, 1.807) is 18.3 Å². The lowest BCUT2D eigenvalue weighted by atomic mass is 10.0. The number of aliphatic hydroxyl groups is 1. The molecule has 1 unspecified atom stereocenters. The average Bonchev–Trinajstić information content (AvgIpc) is 2.34. The summed E-state index contributed by atoms with van der Waals surface area (Å²) in [7, 11) is 0. The van der Waals surface area contributed by atoms with E-state index >= 15 is 0 Å². The van der Waals surface area contributed by atoms with Crippen molar-refractivity contribution in [3.05, 3.63) is 64.2 Å². The number of aliphatic hydroxyl groups excluding tert-OH is 1. The van der Waals surface area contributed by atoms with Crippen LogP contribution in [0.25, 0.3) is 0 Å². The van der Waals surface area contributed by atoms with E-state index in [0.717, 1.165) is 11.3 Å². The zero-order valence-electron chi connectivity index (χ0n) is 9.90. The largest absolute Gasteiger partial charge is 0.388 e. The van der Waals surface area contributed by atoms with Crippen molar-refractivity contribution in [3.63, 3.8) is 0 Å². The van der Waals surface area contributed by atoms with Crippen molar-refractivity contribution >= 4 is 11.6 Å². The number of hydrogen-bond donors (Lipinski definition) is 1. The van der Waals surface area contributed by atoms with E-state index in [1.807, 2.05) is 13.0 Å². The Morgan fingerprint density at radius 3 is 2.83 bits per heavy atom. The molecule has 0 aliphatic carbocycles. The second kappa shape index (κ2) is 5.46. The summed E-state index contributed by atoms with van der Waals surface area (Å²) in [5.74, 6) is -0.468. The van der Waals surface area contributed by atoms with Crippen LogP contribution in [0.4, 0.5) is 4.39 Å². The van der Waals surface area contributed by atoms with Crippen molar-refractivity contribution in [1.82, 2.24) is 4.98 Å². The molecule has 94 valence electrons. The molecule has 0 bridgehead atoms. The van der Waals surface area contributed by atoms with E-state index in [4.69, 9.17) is 11.6 Å². The fourth-order valence-corrected chi connectivity index (χ4v) is 1.97. The van der Waals surface area contributed by atoms with Crippen molar-refractivity contribution in [1.29, 1.82) is 0 Å². The highest BCUT2D eigenvalue weighted by molar-refractivity contribution is 6.30. The summed E-state index contributed by atoms with van der Waals surface area (Å²) in [6.07, 6.45) is 1.31. The molecule has 0 saturated carbocycles. The molecule has 4 heteroatoms. The van der Waals surface area contributed by atoms with Crippen LogP contribution in [0.3, 0.4) is 0 Å². The second-order valence-corrected chi connectivity index (χ2v) is 4.55. The van der Waals surface area contributed by atoms with Gasteiger partial charge in [-0.25, -0.2) is 4.39 Å². The molecule has 0 radical (unpaired) electrons. The third kappa shape index (κ3) is 2.86. The van der Waals surface area contributed by atoms with Crippen LogP contribution in [0.15, 0.2) is 36.5 Å². The minimum absolute atomic E-state index is 0.0887. The van der Waals surface area contributed by atoms with Gasteiger partial charge in [0.2, 0.25) is 0 Å². The van der Waals surface area contributed by atoms with Crippen LogP contribution in [0.1, 0.15) is 22.9 Å². The van der Waals surface area contributed by atoms with Crippen molar-refractivity contribution in [3.8, 4) is 0 Å². The normalized spacial score (nSPS) is 12.4. The van der Waals surface area contributed by atoms with Crippen LogP contribution in [0.2, 0.25) is 5.02 Å². The molecule has 0 fully saturated rings. The smallest absolute Gasteiger partial charge is 0.142 e. The number of aryl methyl sites for hydroxylation is 1. The Morgan fingerprint density at radius 2 is 2.17 bits per heavy atom. The van der Waals surface area contributed by atoms with Crippen LogP contribution in [0, 0.1) is 12.7 Å². The first kappa shape index (κ1) is 13.0. The number of aromatic nitrogens is 1. The van der Waals surface area contributed by atoms with Crippen LogP contribution in [-0.2, 0) is 6.42 Å². The van der Waals surface area contributed by atoms with Crippen LogP contribution in [-0.4, -0.2) is 10.1 Å². The summed E-state index contributed by atoms with van der Waals surface area (Å²) in [6.45, 7) is 1.83. The molecule has 1 N–H and O–H groups in total. The molecule has 0 saturated heterocycles. The van der Waals surface area contributed by atoms with Gasteiger partial charge in [0.1, 0.15) is 5.82 Å². The van der Waals surface area contributed by atoms with Crippen molar-refractivity contribution in [2.45, 2.75) is 19.4 Å². The molecule has 0 aliphatic heterocycles. The van der Waals surface area contributed by atoms with Crippen molar-refractivity contribution < 1.29 is 9.50 Å². The fraction of sp³-hybridized carbons (Fsp3) is 0.214. The molecule has 0 aliphatic rings. The number of rotatable bonds is 3. The molecule has 2 aromatic rings. The lowest BCUT2D eigenvalue weighted by Crippen LogP contribution is -2.05. The Hall–Kier alpha value is -1.45. The minimum Gasteiger partial charge on any atom is -0.388 e.